The predicted molar refractivity (Wildman–Crippen MR) is 73.7 cm³/mol. The molecule has 0 atom stereocenters. The lowest BCUT2D eigenvalue weighted by molar-refractivity contribution is 0.601. The third kappa shape index (κ3) is 2.96. The van der Waals surface area contributed by atoms with Crippen LogP contribution in [0, 0.1) is 0 Å². The van der Waals surface area contributed by atoms with Crippen molar-refractivity contribution < 1.29 is 8.42 Å². The van der Waals surface area contributed by atoms with Gasteiger partial charge in [0, 0.05) is 10.7 Å². The van der Waals surface area contributed by atoms with Gasteiger partial charge < -0.3 is 0 Å². The highest BCUT2D eigenvalue weighted by Gasteiger charge is 2.17. The number of anilines is 1. The molecule has 1 N–H and O–H groups in total. The largest absolute Gasteiger partial charge is 0.280 e. The Hall–Kier alpha value is -1.23. The van der Waals surface area contributed by atoms with E-state index in [1.165, 1.54) is 18.2 Å². The molecule has 0 saturated carbocycles. The summed E-state index contributed by atoms with van der Waals surface area (Å²) in [5.41, 5.74) is 0.475. The van der Waals surface area contributed by atoms with Crippen LogP contribution in [0.5, 0.6) is 0 Å². The number of hydrogen-bond donors (Lipinski definition) is 1. The molecule has 0 unspecified atom stereocenters. The minimum absolute atomic E-state index is 0.00239. The first-order valence-electron chi connectivity index (χ1n) is 5.02. The lowest BCUT2D eigenvalue weighted by Crippen LogP contribution is -2.13. The van der Waals surface area contributed by atoms with Crippen molar-refractivity contribution in [2.45, 2.75) is 4.90 Å². The van der Waals surface area contributed by atoms with Crippen molar-refractivity contribution in [2.24, 2.45) is 0 Å². The number of hydrogen-bond acceptors (Lipinski definition) is 2. The fourth-order valence-corrected chi connectivity index (χ4v) is 3.24. The maximum atomic E-state index is 12.1. The molecule has 0 heterocycles. The monoisotopic (exact) mass is 301 g/mol. The van der Waals surface area contributed by atoms with E-state index in [2.05, 4.69) is 4.72 Å². The zero-order valence-corrected chi connectivity index (χ0v) is 11.4. The van der Waals surface area contributed by atoms with E-state index in [1.54, 1.807) is 30.3 Å². The van der Waals surface area contributed by atoms with Crippen LogP contribution in [0.1, 0.15) is 0 Å². The summed E-state index contributed by atoms with van der Waals surface area (Å²) in [7, 11) is -3.70. The van der Waals surface area contributed by atoms with Crippen LogP contribution in [-0.2, 0) is 10.0 Å². The standard InChI is InChI=1S/C12H9Cl2NO2S/c13-9-6-7-12(11(14)8-9)18(16,17)15-10-4-2-1-3-5-10/h1-8,15H. The van der Waals surface area contributed by atoms with Crippen LogP contribution in [0.25, 0.3) is 0 Å². The van der Waals surface area contributed by atoms with Crippen LogP contribution in [0.3, 0.4) is 0 Å². The van der Waals surface area contributed by atoms with Crippen LogP contribution in [-0.4, -0.2) is 8.42 Å². The molecule has 18 heavy (non-hydrogen) atoms. The van der Waals surface area contributed by atoms with E-state index in [0.29, 0.717) is 10.7 Å². The lowest BCUT2D eigenvalue weighted by atomic mass is 10.3. The Morgan fingerprint density at radius 2 is 1.61 bits per heavy atom. The van der Waals surface area contributed by atoms with Crippen molar-refractivity contribution in [3.63, 3.8) is 0 Å². The Kier molecular flexibility index (Phi) is 3.80. The zero-order valence-electron chi connectivity index (χ0n) is 9.10. The zero-order chi connectivity index (χ0) is 13.2. The number of rotatable bonds is 3. The van der Waals surface area contributed by atoms with E-state index in [0.717, 1.165) is 0 Å². The average Bonchev–Trinajstić information content (AvgIpc) is 2.29. The summed E-state index contributed by atoms with van der Waals surface area (Å²) < 4.78 is 26.6. The molecule has 0 aromatic heterocycles. The number of halogens is 2. The molecule has 0 fully saturated rings. The van der Waals surface area contributed by atoms with E-state index in [1.807, 2.05) is 0 Å². The van der Waals surface area contributed by atoms with Crippen molar-refractivity contribution in [2.75, 3.05) is 4.72 Å². The SMILES string of the molecule is O=S(=O)(Nc1ccccc1)c1ccc(Cl)cc1Cl. The Morgan fingerprint density at radius 1 is 0.944 bits per heavy atom. The minimum atomic E-state index is -3.70. The third-order valence-corrected chi connectivity index (χ3v) is 4.31. The topological polar surface area (TPSA) is 46.2 Å². The molecule has 3 nitrogen and oxygen atoms in total. The first-order valence-corrected chi connectivity index (χ1v) is 7.26. The molecular weight excluding hydrogens is 293 g/mol. The van der Waals surface area contributed by atoms with Crippen molar-refractivity contribution in [1.29, 1.82) is 0 Å². The van der Waals surface area contributed by atoms with Crippen LogP contribution < -0.4 is 4.72 Å². The Morgan fingerprint density at radius 3 is 2.22 bits per heavy atom. The number of nitrogens with one attached hydrogen (secondary N) is 1. The smallest absolute Gasteiger partial charge is 0.263 e. The second kappa shape index (κ2) is 5.18. The highest BCUT2D eigenvalue weighted by Crippen LogP contribution is 2.26. The third-order valence-electron chi connectivity index (χ3n) is 2.21. The van der Waals surface area contributed by atoms with Gasteiger partial charge in [0.25, 0.3) is 10.0 Å². The van der Waals surface area contributed by atoms with Gasteiger partial charge in [-0.1, -0.05) is 41.4 Å². The van der Waals surface area contributed by atoms with Crippen LogP contribution >= 0.6 is 23.2 Å². The second-order valence-corrected chi connectivity index (χ2v) is 6.04. The van der Waals surface area contributed by atoms with E-state index in [4.69, 9.17) is 23.2 Å². The Balaban J connectivity index is 2.37. The van der Waals surface area contributed by atoms with E-state index in [-0.39, 0.29) is 9.92 Å². The highest BCUT2D eigenvalue weighted by atomic mass is 35.5. The normalized spacial score (nSPS) is 11.2. The first-order chi connectivity index (χ1) is 8.49. The van der Waals surface area contributed by atoms with Crippen molar-refractivity contribution in [3.05, 3.63) is 58.6 Å². The number of sulfonamides is 1. The van der Waals surface area contributed by atoms with Crippen LogP contribution in [0.15, 0.2) is 53.4 Å². The maximum absolute atomic E-state index is 12.1. The molecule has 0 bridgehead atoms. The molecule has 2 aromatic carbocycles. The van der Waals surface area contributed by atoms with E-state index < -0.39 is 10.0 Å². The van der Waals surface area contributed by atoms with Gasteiger partial charge in [-0.2, -0.15) is 0 Å². The summed E-state index contributed by atoms with van der Waals surface area (Å²) in [5, 5.41) is 0.476. The molecular formula is C12H9Cl2NO2S. The fourth-order valence-electron chi connectivity index (χ4n) is 1.41. The summed E-state index contributed by atoms with van der Waals surface area (Å²) in [5.74, 6) is 0. The predicted octanol–water partition coefficient (Wildman–Crippen LogP) is 3.79. The van der Waals surface area contributed by atoms with Gasteiger partial charge in [-0.15, -0.1) is 0 Å². The molecule has 94 valence electrons. The van der Waals surface area contributed by atoms with Crippen molar-refractivity contribution >= 4 is 38.9 Å². The molecule has 0 saturated heterocycles. The average molecular weight is 302 g/mol. The van der Waals surface area contributed by atoms with Crippen molar-refractivity contribution in [3.8, 4) is 0 Å². The molecule has 0 aliphatic heterocycles. The molecule has 0 radical (unpaired) electrons. The molecule has 2 aromatic rings. The second-order valence-electron chi connectivity index (χ2n) is 3.55. The van der Waals surface area contributed by atoms with E-state index >= 15 is 0 Å². The summed E-state index contributed by atoms with van der Waals surface area (Å²) in [6.07, 6.45) is 0. The highest BCUT2D eigenvalue weighted by molar-refractivity contribution is 7.92. The first kappa shape index (κ1) is 13.2. The quantitative estimate of drug-likeness (QED) is 0.937. The fraction of sp³-hybridized carbons (Fsp3) is 0. The van der Waals surface area contributed by atoms with Gasteiger partial charge in [0.2, 0.25) is 0 Å². The van der Waals surface area contributed by atoms with Gasteiger partial charge in [0.1, 0.15) is 4.90 Å². The molecule has 0 aliphatic carbocycles. The number of para-hydroxylation sites is 1. The lowest BCUT2D eigenvalue weighted by Gasteiger charge is -2.09. The van der Waals surface area contributed by atoms with Gasteiger partial charge in [-0.25, -0.2) is 8.42 Å². The molecule has 2 rings (SSSR count). The van der Waals surface area contributed by atoms with Gasteiger partial charge >= 0.3 is 0 Å². The van der Waals surface area contributed by atoms with Gasteiger partial charge in [-0.3, -0.25) is 4.72 Å². The number of benzene rings is 2. The summed E-state index contributed by atoms with van der Waals surface area (Å²) in [6.45, 7) is 0. The molecule has 0 aliphatic rings. The maximum Gasteiger partial charge on any atom is 0.263 e. The molecule has 6 heteroatoms. The minimum Gasteiger partial charge on any atom is -0.280 e. The van der Waals surface area contributed by atoms with Gasteiger partial charge in [-0.05, 0) is 30.3 Å². The summed E-state index contributed by atoms with van der Waals surface area (Å²) in [6, 6.07) is 12.8. The summed E-state index contributed by atoms with van der Waals surface area (Å²) >= 11 is 11.6. The Labute approximate surface area is 115 Å². The van der Waals surface area contributed by atoms with Gasteiger partial charge in [0.15, 0.2) is 0 Å². The van der Waals surface area contributed by atoms with Crippen LogP contribution in [0.4, 0.5) is 5.69 Å². The van der Waals surface area contributed by atoms with Crippen molar-refractivity contribution in [1.82, 2.24) is 0 Å². The molecule has 0 spiro atoms. The Bertz CT molecular complexity index is 657. The van der Waals surface area contributed by atoms with E-state index in [9.17, 15) is 8.42 Å². The van der Waals surface area contributed by atoms with Crippen LogP contribution in [0.2, 0.25) is 10.0 Å². The summed E-state index contributed by atoms with van der Waals surface area (Å²) in [4.78, 5) is -0.00239. The molecule has 0 amide bonds. The van der Waals surface area contributed by atoms with Gasteiger partial charge in [0.05, 0.1) is 5.02 Å².